The molecule has 3 aromatic rings. The van der Waals surface area contributed by atoms with Gasteiger partial charge in [-0.1, -0.05) is 36.4 Å². The Hall–Kier alpha value is -3.36. The molecule has 8 heteroatoms. The summed E-state index contributed by atoms with van der Waals surface area (Å²) in [6, 6.07) is 19.5. The molecule has 0 bridgehead atoms. The van der Waals surface area contributed by atoms with Gasteiger partial charge in [-0.05, 0) is 29.1 Å². The number of fused-ring (bicyclic) bond motifs is 1. The molecule has 0 aliphatic carbocycles. The van der Waals surface area contributed by atoms with E-state index < -0.39 is 0 Å². The third kappa shape index (κ3) is 6.36. The van der Waals surface area contributed by atoms with Gasteiger partial charge < -0.3 is 19.1 Å². The molecule has 7 nitrogen and oxygen atoms in total. The largest absolute Gasteiger partial charge is 0.486 e. The minimum absolute atomic E-state index is 0.0640. The van der Waals surface area contributed by atoms with Crippen LogP contribution in [0.1, 0.15) is 16.9 Å². The van der Waals surface area contributed by atoms with Crippen LogP contribution in [0.2, 0.25) is 0 Å². The Morgan fingerprint density at radius 2 is 1.76 bits per heavy atom. The fraction of sp³-hybridized carbons (Fsp3) is 0.308. The number of benzene rings is 2. The van der Waals surface area contributed by atoms with E-state index in [-0.39, 0.29) is 24.8 Å². The Kier molecular flexibility index (Phi) is 8.17. The van der Waals surface area contributed by atoms with E-state index in [9.17, 15) is 9.59 Å². The third-order valence-corrected chi connectivity index (χ3v) is 6.36. The normalized spacial score (nSPS) is 12.4. The zero-order valence-corrected chi connectivity index (χ0v) is 20.0. The second kappa shape index (κ2) is 11.7. The third-order valence-electron chi connectivity index (χ3n) is 5.50. The highest BCUT2D eigenvalue weighted by Crippen LogP contribution is 2.34. The first-order valence-electron chi connectivity index (χ1n) is 11.2. The van der Waals surface area contributed by atoms with Gasteiger partial charge in [-0.15, -0.1) is 11.3 Å². The van der Waals surface area contributed by atoms with Crippen LogP contribution in [0.15, 0.2) is 66.0 Å². The Balaban J connectivity index is 1.56. The van der Waals surface area contributed by atoms with E-state index in [1.165, 1.54) is 7.11 Å². The summed E-state index contributed by atoms with van der Waals surface area (Å²) in [5, 5.41) is 2.00. The van der Waals surface area contributed by atoms with Crippen LogP contribution in [-0.2, 0) is 27.4 Å². The Labute approximate surface area is 203 Å². The first-order chi connectivity index (χ1) is 16.6. The topological polar surface area (TPSA) is 68.3 Å². The van der Waals surface area contributed by atoms with Crippen molar-refractivity contribution in [2.45, 2.75) is 19.5 Å². The zero-order valence-electron chi connectivity index (χ0n) is 19.1. The molecule has 0 N–H and O–H groups in total. The smallest absolute Gasteiger partial charge is 0.306 e. The van der Waals surface area contributed by atoms with E-state index in [1.807, 2.05) is 70.9 Å². The van der Waals surface area contributed by atoms with Crippen LogP contribution in [0, 0.1) is 0 Å². The lowest BCUT2D eigenvalue weighted by molar-refractivity contribution is -0.141. The van der Waals surface area contributed by atoms with Crippen LogP contribution >= 0.6 is 11.3 Å². The van der Waals surface area contributed by atoms with Crippen molar-refractivity contribution < 1.29 is 23.8 Å². The number of methoxy groups -OCH3 is 1. The van der Waals surface area contributed by atoms with Crippen molar-refractivity contribution in [3.05, 3.63) is 76.5 Å². The Bertz CT molecular complexity index is 1090. The fourth-order valence-corrected chi connectivity index (χ4v) is 4.46. The molecule has 0 unspecified atom stereocenters. The second-order valence-electron chi connectivity index (χ2n) is 7.91. The maximum Gasteiger partial charge on any atom is 0.306 e. The second-order valence-corrected chi connectivity index (χ2v) is 8.94. The SMILES string of the molecule is COC(=O)CCN(CC(=O)N(Cc1cccs1)c1ccc2c(c1)OCCO2)Cc1ccccc1. The first-order valence-corrected chi connectivity index (χ1v) is 12.1. The van der Waals surface area contributed by atoms with Crippen molar-refractivity contribution in [2.75, 3.05) is 38.3 Å². The van der Waals surface area contributed by atoms with Crippen molar-refractivity contribution >= 4 is 28.9 Å². The average Bonchev–Trinajstić information content (AvgIpc) is 3.39. The number of rotatable bonds is 10. The van der Waals surface area contributed by atoms with Crippen molar-refractivity contribution in [1.82, 2.24) is 4.90 Å². The van der Waals surface area contributed by atoms with E-state index >= 15 is 0 Å². The lowest BCUT2D eigenvalue weighted by Gasteiger charge is -2.28. The lowest BCUT2D eigenvalue weighted by atomic mass is 10.2. The molecule has 1 amide bonds. The van der Waals surface area contributed by atoms with Crippen LogP contribution < -0.4 is 14.4 Å². The highest BCUT2D eigenvalue weighted by Gasteiger charge is 2.23. The van der Waals surface area contributed by atoms with Gasteiger partial charge in [0.25, 0.3) is 0 Å². The quantitative estimate of drug-likeness (QED) is 0.407. The van der Waals surface area contributed by atoms with Crippen molar-refractivity contribution in [3.63, 3.8) is 0 Å². The summed E-state index contributed by atoms with van der Waals surface area (Å²) >= 11 is 1.61. The monoisotopic (exact) mass is 480 g/mol. The Morgan fingerprint density at radius 3 is 2.50 bits per heavy atom. The summed E-state index contributed by atoms with van der Waals surface area (Å²) in [6.07, 6.45) is 0.214. The molecule has 34 heavy (non-hydrogen) atoms. The number of hydrogen-bond acceptors (Lipinski definition) is 7. The summed E-state index contributed by atoms with van der Waals surface area (Å²) in [4.78, 5) is 30.3. The van der Waals surface area contributed by atoms with Crippen LogP contribution in [0.4, 0.5) is 5.69 Å². The number of esters is 1. The molecule has 4 rings (SSSR count). The van der Waals surface area contributed by atoms with E-state index in [0.29, 0.717) is 44.3 Å². The molecule has 178 valence electrons. The molecule has 0 saturated heterocycles. The summed E-state index contributed by atoms with van der Waals surface area (Å²) in [6.45, 7) is 2.57. The van der Waals surface area contributed by atoms with E-state index in [1.54, 1.807) is 16.2 Å². The molecular formula is C26H28N2O5S. The molecule has 2 heterocycles. The predicted octanol–water partition coefficient (Wildman–Crippen LogP) is 4.12. The minimum Gasteiger partial charge on any atom is -0.486 e. The average molecular weight is 481 g/mol. The van der Waals surface area contributed by atoms with Gasteiger partial charge in [-0.3, -0.25) is 14.5 Å². The number of hydrogen-bond donors (Lipinski definition) is 0. The maximum atomic E-state index is 13.7. The van der Waals surface area contributed by atoms with Gasteiger partial charge >= 0.3 is 5.97 Å². The van der Waals surface area contributed by atoms with Crippen LogP contribution in [0.25, 0.3) is 0 Å². The van der Waals surface area contributed by atoms with Crippen molar-refractivity contribution in [3.8, 4) is 11.5 Å². The zero-order chi connectivity index (χ0) is 23.8. The van der Waals surface area contributed by atoms with Crippen LogP contribution in [0.3, 0.4) is 0 Å². The molecule has 0 atom stereocenters. The van der Waals surface area contributed by atoms with Gasteiger partial charge in [0.05, 0.1) is 26.6 Å². The van der Waals surface area contributed by atoms with Gasteiger partial charge in [0.2, 0.25) is 5.91 Å². The molecular weight excluding hydrogens is 452 g/mol. The number of anilines is 1. The lowest BCUT2D eigenvalue weighted by Crippen LogP contribution is -2.40. The van der Waals surface area contributed by atoms with Gasteiger partial charge in [0.1, 0.15) is 13.2 Å². The highest BCUT2D eigenvalue weighted by atomic mass is 32.1. The van der Waals surface area contributed by atoms with E-state index in [0.717, 1.165) is 16.1 Å². The van der Waals surface area contributed by atoms with Gasteiger partial charge in [-0.25, -0.2) is 0 Å². The number of carbonyl (C=O) groups is 2. The molecule has 2 aromatic carbocycles. The number of ether oxygens (including phenoxy) is 3. The number of amides is 1. The van der Waals surface area contributed by atoms with E-state index in [2.05, 4.69) is 0 Å². The summed E-state index contributed by atoms with van der Waals surface area (Å²) in [7, 11) is 1.37. The van der Waals surface area contributed by atoms with Gasteiger partial charge in [0.15, 0.2) is 11.5 Å². The molecule has 0 radical (unpaired) electrons. The minimum atomic E-state index is -0.298. The molecule has 1 aliphatic heterocycles. The molecule has 0 fully saturated rings. The van der Waals surface area contributed by atoms with Crippen LogP contribution in [-0.4, -0.2) is 50.2 Å². The van der Waals surface area contributed by atoms with Crippen molar-refractivity contribution in [1.29, 1.82) is 0 Å². The summed E-state index contributed by atoms with van der Waals surface area (Å²) < 4.78 is 16.2. The van der Waals surface area contributed by atoms with Crippen molar-refractivity contribution in [2.24, 2.45) is 0 Å². The number of thiophene rings is 1. The maximum absolute atomic E-state index is 13.7. The predicted molar refractivity (Wildman–Crippen MR) is 131 cm³/mol. The number of nitrogens with zero attached hydrogens (tertiary/aromatic N) is 2. The van der Waals surface area contributed by atoms with Crippen LogP contribution in [0.5, 0.6) is 11.5 Å². The highest BCUT2D eigenvalue weighted by molar-refractivity contribution is 7.09. The standard InChI is InChI=1S/C26H28N2O5S/c1-31-26(30)11-12-27(17-20-6-3-2-4-7-20)19-25(29)28(18-22-8-5-15-34-22)21-9-10-23-24(16-21)33-14-13-32-23/h2-10,15-16H,11-14,17-19H2,1H3. The summed E-state index contributed by atoms with van der Waals surface area (Å²) in [5.74, 6) is 0.959. The molecule has 1 aliphatic rings. The number of carbonyl (C=O) groups excluding carboxylic acids is 2. The van der Waals surface area contributed by atoms with Gasteiger partial charge in [-0.2, -0.15) is 0 Å². The Morgan fingerprint density at radius 1 is 0.971 bits per heavy atom. The molecule has 1 aromatic heterocycles. The van der Waals surface area contributed by atoms with Gasteiger partial charge in [0, 0.05) is 29.7 Å². The van der Waals surface area contributed by atoms with E-state index in [4.69, 9.17) is 14.2 Å². The fourth-order valence-electron chi connectivity index (χ4n) is 3.77. The molecule has 0 spiro atoms. The summed E-state index contributed by atoms with van der Waals surface area (Å²) in [5.41, 5.74) is 1.82. The molecule has 0 saturated carbocycles. The first kappa shape index (κ1) is 23.8.